The maximum absolute atomic E-state index is 10.5. The molecule has 2 fully saturated rings. The van der Waals surface area contributed by atoms with Gasteiger partial charge in [-0.25, -0.2) is 0 Å². The van der Waals surface area contributed by atoms with Crippen molar-refractivity contribution >= 4 is 17.7 Å². The highest BCUT2D eigenvalue weighted by atomic mass is 32.2. The summed E-state index contributed by atoms with van der Waals surface area (Å²) in [7, 11) is 0. The number of ether oxygens (including phenoxy) is 1. The van der Waals surface area contributed by atoms with Crippen LogP contribution in [0.3, 0.4) is 0 Å². The van der Waals surface area contributed by atoms with Gasteiger partial charge in [0.25, 0.3) is 0 Å². The van der Waals surface area contributed by atoms with Crippen molar-refractivity contribution in [1.29, 1.82) is 0 Å². The number of hydrogen-bond acceptors (Lipinski definition) is 4. The molecule has 2 aliphatic rings. The van der Waals surface area contributed by atoms with Gasteiger partial charge in [0.1, 0.15) is 0 Å². The SMILES string of the molecule is CCNC(=NCC1(O)CCOCC1)NCC1(C)CCCS1. The van der Waals surface area contributed by atoms with Crippen LogP contribution >= 0.6 is 11.8 Å². The van der Waals surface area contributed by atoms with Gasteiger partial charge in [-0.1, -0.05) is 0 Å². The molecule has 2 heterocycles. The summed E-state index contributed by atoms with van der Waals surface area (Å²) in [6, 6.07) is 0. The fourth-order valence-electron chi connectivity index (χ4n) is 2.72. The topological polar surface area (TPSA) is 65.9 Å². The van der Waals surface area contributed by atoms with Crippen LogP contribution in [0.25, 0.3) is 0 Å². The zero-order chi connectivity index (χ0) is 15.2. The van der Waals surface area contributed by atoms with E-state index in [9.17, 15) is 5.11 Å². The van der Waals surface area contributed by atoms with Gasteiger partial charge in [-0.05, 0) is 32.4 Å². The Morgan fingerprint density at radius 1 is 1.29 bits per heavy atom. The van der Waals surface area contributed by atoms with E-state index in [0.29, 0.717) is 37.3 Å². The molecule has 0 spiro atoms. The number of thioether (sulfide) groups is 1. The highest BCUT2D eigenvalue weighted by molar-refractivity contribution is 8.00. The highest BCUT2D eigenvalue weighted by Crippen LogP contribution is 2.36. The Bertz CT molecular complexity index is 351. The smallest absolute Gasteiger partial charge is 0.191 e. The molecule has 2 rings (SSSR count). The molecule has 3 N–H and O–H groups in total. The molecule has 0 amide bonds. The molecule has 0 bridgehead atoms. The predicted octanol–water partition coefficient (Wildman–Crippen LogP) is 1.37. The van der Waals surface area contributed by atoms with Gasteiger partial charge in [0.05, 0.1) is 12.1 Å². The molecule has 0 aromatic carbocycles. The number of aliphatic imine (C=N–C) groups is 1. The lowest BCUT2D eigenvalue weighted by Gasteiger charge is -2.31. The van der Waals surface area contributed by atoms with Crippen molar-refractivity contribution in [3.63, 3.8) is 0 Å². The molecule has 1 atom stereocenters. The molecule has 2 saturated heterocycles. The average Bonchev–Trinajstić information content (AvgIpc) is 2.90. The van der Waals surface area contributed by atoms with Crippen LogP contribution in [0.5, 0.6) is 0 Å². The summed E-state index contributed by atoms with van der Waals surface area (Å²) < 4.78 is 5.62. The number of nitrogens with zero attached hydrogens (tertiary/aromatic N) is 1. The number of aliphatic hydroxyl groups is 1. The Morgan fingerprint density at radius 2 is 2.05 bits per heavy atom. The van der Waals surface area contributed by atoms with Crippen molar-refractivity contribution in [2.45, 2.75) is 49.9 Å². The maximum Gasteiger partial charge on any atom is 0.191 e. The van der Waals surface area contributed by atoms with E-state index in [2.05, 4.69) is 29.5 Å². The van der Waals surface area contributed by atoms with E-state index < -0.39 is 5.60 Å². The quantitative estimate of drug-likeness (QED) is 0.528. The minimum absolute atomic E-state index is 0.311. The maximum atomic E-state index is 10.5. The van der Waals surface area contributed by atoms with Crippen molar-refractivity contribution in [1.82, 2.24) is 10.6 Å². The minimum Gasteiger partial charge on any atom is -0.388 e. The summed E-state index contributed by atoms with van der Waals surface area (Å²) in [5.41, 5.74) is -0.702. The largest absolute Gasteiger partial charge is 0.388 e. The van der Waals surface area contributed by atoms with Crippen LogP contribution < -0.4 is 10.6 Å². The molecule has 2 aliphatic heterocycles. The van der Waals surface area contributed by atoms with Crippen LogP contribution in [0.2, 0.25) is 0 Å². The molecule has 21 heavy (non-hydrogen) atoms. The summed E-state index contributed by atoms with van der Waals surface area (Å²) in [5.74, 6) is 2.07. The van der Waals surface area contributed by atoms with Gasteiger partial charge >= 0.3 is 0 Å². The van der Waals surface area contributed by atoms with Gasteiger partial charge in [0.2, 0.25) is 0 Å². The van der Waals surface area contributed by atoms with Crippen LogP contribution in [0.4, 0.5) is 0 Å². The monoisotopic (exact) mass is 315 g/mol. The lowest BCUT2D eigenvalue weighted by atomic mass is 9.95. The third kappa shape index (κ3) is 5.34. The Balaban J connectivity index is 1.86. The molecular formula is C15H29N3O2S. The van der Waals surface area contributed by atoms with Crippen molar-refractivity contribution < 1.29 is 9.84 Å². The molecule has 0 aromatic heterocycles. The Morgan fingerprint density at radius 3 is 2.67 bits per heavy atom. The van der Waals surface area contributed by atoms with Gasteiger partial charge in [0, 0.05) is 43.9 Å². The highest BCUT2D eigenvalue weighted by Gasteiger charge is 2.31. The van der Waals surface area contributed by atoms with Gasteiger partial charge in [-0.3, -0.25) is 4.99 Å². The Labute approximate surface area is 132 Å². The Kier molecular flexibility index (Phi) is 6.20. The first kappa shape index (κ1) is 16.9. The second-order valence-electron chi connectivity index (χ2n) is 6.29. The molecular weight excluding hydrogens is 286 g/mol. The molecule has 0 aliphatic carbocycles. The van der Waals surface area contributed by atoms with E-state index in [0.717, 1.165) is 19.0 Å². The van der Waals surface area contributed by atoms with Gasteiger partial charge < -0.3 is 20.5 Å². The average molecular weight is 315 g/mol. The van der Waals surface area contributed by atoms with Gasteiger partial charge in [-0.2, -0.15) is 11.8 Å². The van der Waals surface area contributed by atoms with E-state index in [4.69, 9.17) is 4.74 Å². The number of rotatable bonds is 5. The van der Waals surface area contributed by atoms with Crippen LogP contribution in [0, 0.1) is 0 Å². The second kappa shape index (κ2) is 7.70. The van der Waals surface area contributed by atoms with E-state index in [-0.39, 0.29) is 0 Å². The summed E-state index contributed by atoms with van der Waals surface area (Å²) in [6.07, 6.45) is 3.90. The molecule has 0 aromatic rings. The lowest BCUT2D eigenvalue weighted by molar-refractivity contribution is -0.0565. The predicted molar refractivity (Wildman–Crippen MR) is 89.1 cm³/mol. The molecule has 0 saturated carbocycles. The fourth-order valence-corrected chi connectivity index (χ4v) is 3.97. The van der Waals surface area contributed by atoms with E-state index in [1.54, 1.807) is 0 Å². The zero-order valence-electron chi connectivity index (χ0n) is 13.3. The molecule has 122 valence electrons. The summed E-state index contributed by atoms with van der Waals surface area (Å²) in [6.45, 7) is 7.83. The van der Waals surface area contributed by atoms with Gasteiger partial charge in [-0.15, -0.1) is 0 Å². The lowest BCUT2D eigenvalue weighted by Crippen LogP contribution is -2.45. The first-order valence-corrected chi connectivity index (χ1v) is 9.00. The van der Waals surface area contributed by atoms with Crippen LogP contribution in [0.1, 0.15) is 39.5 Å². The van der Waals surface area contributed by atoms with E-state index in [1.165, 1.54) is 18.6 Å². The van der Waals surface area contributed by atoms with Crippen molar-refractivity contribution in [3.8, 4) is 0 Å². The van der Waals surface area contributed by atoms with Crippen LogP contribution in [-0.2, 0) is 4.74 Å². The second-order valence-corrected chi connectivity index (χ2v) is 7.97. The van der Waals surface area contributed by atoms with Crippen molar-refractivity contribution in [3.05, 3.63) is 0 Å². The molecule has 6 heteroatoms. The number of hydrogen-bond donors (Lipinski definition) is 3. The molecule has 1 unspecified atom stereocenters. The summed E-state index contributed by atoms with van der Waals surface area (Å²) >= 11 is 2.04. The van der Waals surface area contributed by atoms with Crippen molar-refractivity contribution in [2.24, 2.45) is 4.99 Å². The minimum atomic E-state index is -0.702. The first-order chi connectivity index (χ1) is 10.1. The first-order valence-electron chi connectivity index (χ1n) is 8.02. The van der Waals surface area contributed by atoms with Crippen LogP contribution in [0.15, 0.2) is 4.99 Å². The van der Waals surface area contributed by atoms with Gasteiger partial charge in [0.15, 0.2) is 5.96 Å². The number of nitrogens with one attached hydrogen (secondary N) is 2. The Hall–Kier alpha value is -0.460. The third-order valence-electron chi connectivity index (χ3n) is 4.23. The summed E-state index contributed by atoms with van der Waals surface area (Å²) in [4.78, 5) is 4.58. The van der Waals surface area contributed by atoms with Crippen LogP contribution in [-0.4, -0.2) is 60.0 Å². The normalized spacial score (nSPS) is 29.4. The molecule has 0 radical (unpaired) electrons. The number of guanidine groups is 1. The fraction of sp³-hybridized carbons (Fsp3) is 0.933. The van der Waals surface area contributed by atoms with Crippen molar-refractivity contribution in [2.75, 3.05) is 38.6 Å². The standard InChI is InChI=1S/C15H29N3O2S/c1-3-16-13(17-11-14(2)5-4-10-21-14)18-12-15(19)6-8-20-9-7-15/h19H,3-12H2,1-2H3,(H2,16,17,18). The zero-order valence-corrected chi connectivity index (χ0v) is 14.1. The van der Waals surface area contributed by atoms with E-state index in [1.807, 2.05) is 11.8 Å². The van der Waals surface area contributed by atoms with E-state index >= 15 is 0 Å². The third-order valence-corrected chi connectivity index (χ3v) is 5.77. The molecule has 5 nitrogen and oxygen atoms in total. The summed E-state index contributed by atoms with van der Waals surface area (Å²) in [5, 5.41) is 17.2.